The van der Waals surface area contributed by atoms with E-state index in [2.05, 4.69) is 0 Å². The minimum Gasteiger partial charge on any atom is -0.465 e. The maximum absolute atomic E-state index is 13.7. The van der Waals surface area contributed by atoms with E-state index in [1.165, 1.54) is 0 Å². The van der Waals surface area contributed by atoms with Crippen molar-refractivity contribution in [3.05, 3.63) is 107 Å². The molecule has 0 N–H and O–H groups in total. The van der Waals surface area contributed by atoms with Gasteiger partial charge in [0.05, 0.1) is 13.2 Å². The highest BCUT2D eigenvalue weighted by Crippen LogP contribution is 2.55. The molecule has 4 heteroatoms. The van der Waals surface area contributed by atoms with Gasteiger partial charge in [0, 0.05) is 5.57 Å². The van der Waals surface area contributed by atoms with Crippen molar-refractivity contribution in [2.24, 2.45) is 0 Å². The Kier molecular flexibility index (Phi) is 5.95. The van der Waals surface area contributed by atoms with E-state index in [9.17, 15) is 9.59 Å². The summed E-state index contributed by atoms with van der Waals surface area (Å²) in [5.41, 5.74) is 3.97. The number of ether oxygens (including phenoxy) is 2. The number of esters is 2. The molecule has 0 aliphatic heterocycles. The standard InChI is InChI=1S/C28H26O4/c1-4-31-26(29)28(27(30)32-5-2)23-18-12-11-17-22(23)24(21-16-10-9-13-19(21)3)25(28)20-14-7-6-8-15-20/h6-18H,4-5H2,1-3H3. The highest BCUT2D eigenvalue weighted by molar-refractivity contribution is 6.27. The summed E-state index contributed by atoms with van der Waals surface area (Å²) in [6.45, 7) is 5.83. The Morgan fingerprint density at radius 3 is 1.84 bits per heavy atom. The third-order valence-corrected chi connectivity index (χ3v) is 5.87. The number of fused-ring (bicyclic) bond motifs is 1. The van der Waals surface area contributed by atoms with E-state index in [0.29, 0.717) is 11.1 Å². The summed E-state index contributed by atoms with van der Waals surface area (Å²) in [5, 5.41) is 0. The van der Waals surface area contributed by atoms with E-state index >= 15 is 0 Å². The first-order valence-electron chi connectivity index (χ1n) is 10.9. The number of hydrogen-bond donors (Lipinski definition) is 0. The first-order valence-corrected chi connectivity index (χ1v) is 10.9. The van der Waals surface area contributed by atoms with Crippen molar-refractivity contribution in [1.82, 2.24) is 0 Å². The number of carbonyl (C=O) groups is 2. The van der Waals surface area contributed by atoms with Crippen LogP contribution in [-0.4, -0.2) is 25.2 Å². The van der Waals surface area contributed by atoms with Crippen LogP contribution in [0.15, 0.2) is 78.9 Å². The fourth-order valence-corrected chi connectivity index (χ4v) is 4.57. The van der Waals surface area contributed by atoms with Crippen LogP contribution in [0.4, 0.5) is 0 Å². The van der Waals surface area contributed by atoms with E-state index in [-0.39, 0.29) is 13.2 Å². The van der Waals surface area contributed by atoms with Crippen molar-refractivity contribution >= 4 is 23.1 Å². The average Bonchev–Trinajstić information content (AvgIpc) is 3.12. The average molecular weight is 427 g/mol. The maximum atomic E-state index is 13.7. The van der Waals surface area contributed by atoms with Gasteiger partial charge in [-0.15, -0.1) is 0 Å². The molecule has 3 aromatic carbocycles. The summed E-state index contributed by atoms with van der Waals surface area (Å²) >= 11 is 0. The molecule has 0 amide bonds. The van der Waals surface area contributed by atoms with Gasteiger partial charge in [-0.1, -0.05) is 78.9 Å². The van der Waals surface area contributed by atoms with Crippen LogP contribution >= 0.6 is 0 Å². The molecule has 4 rings (SSSR count). The molecule has 1 aliphatic carbocycles. The van der Waals surface area contributed by atoms with Crippen LogP contribution in [-0.2, 0) is 24.5 Å². The molecule has 0 saturated carbocycles. The second kappa shape index (κ2) is 8.83. The molecule has 0 unspecified atom stereocenters. The summed E-state index contributed by atoms with van der Waals surface area (Å²) in [6.07, 6.45) is 0. The highest BCUT2D eigenvalue weighted by atomic mass is 16.6. The lowest BCUT2D eigenvalue weighted by Crippen LogP contribution is -2.46. The van der Waals surface area contributed by atoms with Crippen LogP contribution in [0.25, 0.3) is 11.1 Å². The lowest BCUT2D eigenvalue weighted by atomic mass is 9.74. The molecular weight excluding hydrogens is 400 g/mol. The van der Waals surface area contributed by atoms with Crippen LogP contribution in [0.2, 0.25) is 0 Å². The second-order valence-corrected chi connectivity index (χ2v) is 7.67. The molecule has 0 bridgehead atoms. The fourth-order valence-electron chi connectivity index (χ4n) is 4.57. The van der Waals surface area contributed by atoms with Crippen molar-refractivity contribution in [3.8, 4) is 0 Å². The van der Waals surface area contributed by atoms with Gasteiger partial charge >= 0.3 is 11.9 Å². The summed E-state index contributed by atoms with van der Waals surface area (Å²) in [6, 6.07) is 25.1. The normalized spacial score (nSPS) is 14.1. The minimum absolute atomic E-state index is 0.157. The molecule has 0 aromatic heterocycles. The summed E-state index contributed by atoms with van der Waals surface area (Å²) in [5.74, 6) is -1.23. The molecule has 32 heavy (non-hydrogen) atoms. The summed E-state index contributed by atoms with van der Waals surface area (Å²) in [7, 11) is 0. The molecule has 0 atom stereocenters. The van der Waals surface area contributed by atoms with Crippen molar-refractivity contribution in [3.63, 3.8) is 0 Å². The monoisotopic (exact) mass is 426 g/mol. The molecular formula is C28H26O4. The van der Waals surface area contributed by atoms with Crippen molar-refractivity contribution in [1.29, 1.82) is 0 Å². The SMILES string of the molecule is CCOC(=O)C1(C(=O)OCC)C(c2ccccc2)=C(c2ccccc2C)c2ccccc21. The van der Waals surface area contributed by atoms with Gasteiger partial charge < -0.3 is 9.47 Å². The van der Waals surface area contributed by atoms with Crippen LogP contribution in [0, 0.1) is 6.92 Å². The Morgan fingerprint density at radius 1 is 0.719 bits per heavy atom. The first-order chi connectivity index (χ1) is 15.6. The summed E-state index contributed by atoms with van der Waals surface area (Å²) < 4.78 is 11.1. The van der Waals surface area contributed by atoms with Crippen LogP contribution < -0.4 is 0 Å². The van der Waals surface area contributed by atoms with Gasteiger partial charge in [0.25, 0.3) is 0 Å². The van der Waals surface area contributed by atoms with Crippen molar-refractivity contribution < 1.29 is 19.1 Å². The first kappa shape index (κ1) is 21.6. The number of carbonyl (C=O) groups excluding carboxylic acids is 2. The molecule has 4 nitrogen and oxygen atoms in total. The van der Waals surface area contributed by atoms with Crippen LogP contribution in [0.1, 0.15) is 41.7 Å². The predicted molar refractivity (Wildman–Crippen MR) is 125 cm³/mol. The third kappa shape index (κ3) is 3.23. The number of hydrogen-bond acceptors (Lipinski definition) is 4. The fraction of sp³-hybridized carbons (Fsp3) is 0.214. The zero-order chi connectivity index (χ0) is 22.7. The third-order valence-electron chi connectivity index (χ3n) is 5.87. The Labute approximate surface area is 188 Å². The van der Waals surface area contributed by atoms with Gasteiger partial charge in [-0.3, -0.25) is 9.59 Å². The Balaban J connectivity index is 2.20. The van der Waals surface area contributed by atoms with Gasteiger partial charge in [0.1, 0.15) is 0 Å². The number of benzene rings is 3. The number of rotatable bonds is 6. The van der Waals surface area contributed by atoms with Crippen LogP contribution in [0.5, 0.6) is 0 Å². The van der Waals surface area contributed by atoms with Gasteiger partial charge in [-0.25, -0.2) is 0 Å². The van der Waals surface area contributed by atoms with Gasteiger partial charge in [0.15, 0.2) is 0 Å². The Morgan fingerprint density at radius 2 is 1.25 bits per heavy atom. The van der Waals surface area contributed by atoms with Gasteiger partial charge in [-0.2, -0.15) is 0 Å². The predicted octanol–water partition coefficient (Wildman–Crippen LogP) is 5.33. The molecule has 0 radical (unpaired) electrons. The van der Waals surface area contributed by atoms with E-state index in [1.807, 2.05) is 85.8 Å². The van der Waals surface area contributed by atoms with Gasteiger partial charge in [-0.05, 0) is 54.2 Å². The summed E-state index contributed by atoms with van der Waals surface area (Å²) in [4.78, 5) is 27.5. The minimum atomic E-state index is -1.71. The molecule has 162 valence electrons. The van der Waals surface area contributed by atoms with E-state index in [1.54, 1.807) is 13.8 Å². The second-order valence-electron chi connectivity index (χ2n) is 7.67. The van der Waals surface area contributed by atoms with Crippen molar-refractivity contribution in [2.75, 3.05) is 13.2 Å². The van der Waals surface area contributed by atoms with E-state index in [4.69, 9.17) is 9.47 Å². The lowest BCUT2D eigenvalue weighted by molar-refractivity contribution is -0.161. The lowest BCUT2D eigenvalue weighted by Gasteiger charge is -2.29. The molecule has 1 aliphatic rings. The Hall–Kier alpha value is -3.66. The molecule has 0 fully saturated rings. The quantitative estimate of drug-likeness (QED) is 0.395. The van der Waals surface area contributed by atoms with Crippen molar-refractivity contribution in [2.45, 2.75) is 26.2 Å². The smallest absolute Gasteiger partial charge is 0.332 e. The maximum Gasteiger partial charge on any atom is 0.332 e. The molecule has 0 heterocycles. The zero-order valence-electron chi connectivity index (χ0n) is 18.6. The number of aryl methyl sites for hydroxylation is 1. The van der Waals surface area contributed by atoms with E-state index in [0.717, 1.165) is 27.8 Å². The largest absolute Gasteiger partial charge is 0.465 e. The Bertz CT molecular complexity index is 1170. The molecule has 0 spiro atoms. The van der Waals surface area contributed by atoms with Gasteiger partial charge in [0.2, 0.25) is 5.41 Å². The zero-order valence-corrected chi connectivity index (χ0v) is 18.6. The molecule has 0 saturated heterocycles. The van der Waals surface area contributed by atoms with Crippen LogP contribution in [0.3, 0.4) is 0 Å². The molecule has 3 aromatic rings. The topological polar surface area (TPSA) is 52.6 Å². The highest BCUT2D eigenvalue weighted by Gasteiger charge is 2.59. The van der Waals surface area contributed by atoms with E-state index < -0.39 is 17.4 Å².